The Morgan fingerprint density at radius 3 is 1.85 bits per heavy atom. The number of carboxylic acids is 1. The van der Waals surface area contributed by atoms with Gasteiger partial charge in [0.05, 0.1) is 0 Å². The predicted molar refractivity (Wildman–Crippen MR) is 93.5 cm³/mol. The van der Waals surface area contributed by atoms with Gasteiger partial charge in [-0.05, 0) is 54.9 Å². The monoisotopic (exact) mass is 374 g/mol. The molecule has 0 saturated heterocycles. The van der Waals surface area contributed by atoms with Crippen LogP contribution in [-0.4, -0.2) is 52.3 Å². The number of hydrogen-bond acceptors (Lipinski definition) is 6. The lowest BCUT2D eigenvalue weighted by Crippen LogP contribution is -2.52. The Morgan fingerprint density at radius 2 is 1.42 bits per heavy atom. The first-order valence-electron chi connectivity index (χ1n) is 8.35. The summed E-state index contributed by atoms with van der Waals surface area (Å²) in [4.78, 5) is 47.0. The van der Waals surface area contributed by atoms with E-state index in [0.717, 1.165) is 0 Å². The molecule has 9 heteroatoms. The number of alkyl carbamates (subject to hydrolysis) is 1. The minimum Gasteiger partial charge on any atom is -0.481 e. The predicted octanol–water partition coefficient (Wildman–Crippen LogP) is 1.59. The molecule has 0 spiro atoms. The van der Waals surface area contributed by atoms with Crippen LogP contribution in [0.15, 0.2) is 0 Å². The third-order valence-corrected chi connectivity index (χ3v) is 2.77. The molecule has 0 fully saturated rings. The Balaban J connectivity index is 4.95. The number of aliphatic carboxylic acids is 1. The van der Waals surface area contributed by atoms with Crippen molar-refractivity contribution >= 4 is 23.9 Å². The second-order valence-corrected chi connectivity index (χ2v) is 7.89. The lowest BCUT2D eigenvalue weighted by molar-refractivity contribution is -0.158. The minimum atomic E-state index is -1.16. The molecule has 2 amide bonds. The van der Waals surface area contributed by atoms with Crippen LogP contribution >= 0.6 is 0 Å². The van der Waals surface area contributed by atoms with Gasteiger partial charge >= 0.3 is 18.0 Å². The molecule has 0 aromatic heterocycles. The van der Waals surface area contributed by atoms with Gasteiger partial charge in [0.25, 0.3) is 0 Å². The van der Waals surface area contributed by atoms with Crippen LogP contribution in [0.1, 0.15) is 61.3 Å². The van der Waals surface area contributed by atoms with Crippen LogP contribution in [0.25, 0.3) is 0 Å². The number of carbonyl (C=O) groups excluding carboxylic acids is 3. The Hall–Kier alpha value is -2.32. The minimum absolute atomic E-state index is 0.151. The first-order valence-corrected chi connectivity index (χ1v) is 8.35. The Morgan fingerprint density at radius 1 is 0.923 bits per heavy atom. The van der Waals surface area contributed by atoms with Gasteiger partial charge in [0, 0.05) is 6.42 Å². The van der Waals surface area contributed by atoms with Crippen molar-refractivity contribution in [1.82, 2.24) is 10.6 Å². The number of esters is 1. The fourth-order valence-electron chi connectivity index (χ4n) is 1.75. The quantitative estimate of drug-likeness (QED) is 0.577. The van der Waals surface area contributed by atoms with Crippen LogP contribution in [-0.2, 0) is 23.9 Å². The zero-order valence-corrected chi connectivity index (χ0v) is 16.5. The van der Waals surface area contributed by atoms with Gasteiger partial charge in [0.1, 0.15) is 23.3 Å². The molecule has 2 atom stereocenters. The van der Waals surface area contributed by atoms with Crippen molar-refractivity contribution in [2.24, 2.45) is 0 Å². The summed E-state index contributed by atoms with van der Waals surface area (Å²) in [7, 11) is 0. The fourth-order valence-corrected chi connectivity index (χ4v) is 1.75. The SMILES string of the molecule is C[C@@H](NC(=O)[C@@H](CCC(=O)O)NC(=O)OC(C)(C)C)C(=O)OC(C)(C)C. The molecular weight excluding hydrogens is 344 g/mol. The van der Waals surface area contributed by atoms with Crippen molar-refractivity contribution in [3.63, 3.8) is 0 Å². The topological polar surface area (TPSA) is 131 Å². The molecule has 9 nitrogen and oxygen atoms in total. The lowest BCUT2D eigenvalue weighted by atomic mass is 10.1. The Kier molecular flexibility index (Phi) is 8.56. The number of hydrogen-bond donors (Lipinski definition) is 3. The molecule has 0 rings (SSSR count). The molecule has 0 aromatic rings. The second-order valence-electron chi connectivity index (χ2n) is 7.89. The first-order chi connectivity index (χ1) is 11.6. The van der Waals surface area contributed by atoms with Gasteiger partial charge in [-0.25, -0.2) is 9.59 Å². The van der Waals surface area contributed by atoms with Crippen molar-refractivity contribution < 1.29 is 33.8 Å². The van der Waals surface area contributed by atoms with Crippen LogP contribution < -0.4 is 10.6 Å². The van der Waals surface area contributed by atoms with Crippen LogP contribution in [0.2, 0.25) is 0 Å². The molecular formula is C17H30N2O7. The molecule has 0 heterocycles. The number of ether oxygens (including phenoxy) is 2. The molecule has 3 N–H and O–H groups in total. The van der Waals surface area contributed by atoms with E-state index < -0.39 is 47.2 Å². The third kappa shape index (κ3) is 11.3. The third-order valence-electron chi connectivity index (χ3n) is 2.77. The van der Waals surface area contributed by atoms with E-state index in [2.05, 4.69) is 10.6 Å². The highest BCUT2D eigenvalue weighted by Crippen LogP contribution is 2.10. The summed E-state index contributed by atoms with van der Waals surface area (Å²) in [6, 6.07) is -2.12. The van der Waals surface area contributed by atoms with E-state index in [1.807, 2.05) is 0 Å². The van der Waals surface area contributed by atoms with Crippen LogP contribution in [0, 0.1) is 0 Å². The Labute approximate surface area is 153 Å². The zero-order valence-electron chi connectivity index (χ0n) is 16.5. The zero-order chi connectivity index (χ0) is 20.7. The summed E-state index contributed by atoms with van der Waals surface area (Å²) >= 11 is 0. The molecule has 0 saturated carbocycles. The molecule has 0 aliphatic carbocycles. The van der Waals surface area contributed by atoms with Gasteiger partial charge in [-0.2, -0.15) is 0 Å². The molecule has 0 unspecified atom stereocenters. The number of rotatable bonds is 7. The van der Waals surface area contributed by atoms with Gasteiger partial charge in [-0.1, -0.05) is 0 Å². The van der Waals surface area contributed by atoms with E-state index in [1.54, 1.807) is 41.5 Å². The second kappa shape index (κ2) is 9.40. The summed E-state index contributed by atoms with van der Waals surface area (Å²) < 4.78 is 10.2. The molecule has 150 valence electrons. The fraction of sp³-hybridized carbons (Fsp3) is 0.765. The summed E-state index contributed by atoms with van der Waals surface area (Å²) in [5.74, 6) is -2.45. The van der Waals surface area contributed by atoms with E-state index in [9.17, 15) is 19.2 Å². The normalized spacial score (nSPS) is 14.0. The van der Waals surface area contributed by atoms with Crippen LogP contribution in [0.5, 0.6) is 0 Å². The lowest BCUT2D eigenvalue weighted by Gasteiger charge is -2.25. The standard InChI is InChI=1S/C17H30N2O7/c1-10(14(23)25-16(2,3)4)18-13(22)11(8-9-12(20)21)19-15(24)26-17(5,6)7/h10-11H,8-9H2,1-7H3,(H,18,22)(H,19,24)(H,20,21)/t10-,11-/m1/s1. The molecule has 0 radical (unpaired) electrons. The maximum absolute atomic E-state index is 12.4. The molecule has 0 aliphatic heterocycles. The van der Waals surface area contributed by atoms with Gasteiger partial charge < -0.3 is 25.2 Å². The number of nitrogens with one attached hydrogen (secondary N) is 2. The van der Waals surface area contributed by atoms with Crippen LogP contribution in [0.3, 0.4) is 0 Å². The highest BCUT2D eigenvalue weighted by molar-refractivity contribution is 5.89. The van der Waals surface area contributed by atoms with Crippen molar-refractivity contribution in [3.8, 4) is 0 Å². The summed E-state index contributed by atoms with van der Waals surface area (Å²) in [6.45, 7) is 11.5. The number of carboxylic acid groups (broad SMARTS) is 1. The molecule has 0 bridgehead atoms. The van der Waals surface area contributed by atoms with E-state index in [4.69, 9.17) is 14.6 Å². The van der Waals surface area contributed by atoms with E-state index >= 15 is 0 Å². The summed E-state index contributed by atoms with van der Waals surface area (Å²) in [5, 5.41) is 13.6. The summed E-state index contributed by atoms with van der Waals surface area (Å²) in [5.41, 5.74) is -1.49. The van der Waals surface area contributed by atoms with E-state index in [1.165, 1.54) is 6.92 Å². The van der Waals surface area contributed by atoms with Gasteiger partial charge in [0.15, 0.2) is 0 Å². The highest BCUT2D eigenvalue weighted by Gasteiger charge is 2.29. The smallest absolute Gasteiger partial charge is 0.408 e. The maximum atomic E-state index is 12.4. The molecule has 0 aliphatic rings. The Bertz CT molecular complexity index is 532. The maximum Gasteiger partial charge on any atom is 0.408 e. The average molecular weight is 374 g/mol. The first kappa shape index (κ1) is 23.7. The molecule has 0 aromatic carbocycles. The average Bonchev–Trinajstić information content (AvgIpc) is 2.38. The van der Waals surface area contributed by atoms with E-state index in [0.29, 0.717) is 0 Å². The molecule has 26 heavy (non-hydrogen) atoms. The van der Waals surface area contributed by atoms with Crippen LogP contribution in [0.4, 0.5) is 4.79 Å². The van der Waals surface area contributed by atoms with Crippen molar-refractivity contribution in [3.05, 3.63) is 0 Å². The van der Waals surface area contributed by atoms with E-state index in [-0.39, 0.29) is 12.8 Å². The highest BCUT2D eigenvalue weighted by atomic mass is 16.6. The van der Waals surface area contributed by atoms with Gasteiger partial charge in [-0.3, -0.25) is 9.59 Å². The summed E-state index contributed by atoms with van der Waals surface area (Å²) in [6.07, 6.45) is -1.34. The largest absolute Gasteiger partial charge is 0.481 e. The van der Waals surface area contributed by atoms with Crippen molar-refractivity contribution in [2.45, 2.75) is 84.6 Å². The number of amides is 2. The van der Waals surface area contributed by atoms with Gasteiger partial charge in [0.2, 0.25) is 5.91 Å². The number of carbonyl (C=O) groups is 4. The van der Waals surface area contributed by atoms with Gasteiger partial charge in [-0.15, -0.1) is 0 Å². The van der Waals surface area contributed by atoms with Crippen molar-refractivity contribution in [1.29, 1.82) is 0 Å². The van der Waals surface area contributed by atoms with Crippen molar-refractivity contribution in [2.75, 3.05) is 0 Å².